The van der Waals surface area contributed by atoms with Crippen LogP contribution in [0.4, 0.5) is 0 Å². The van der Waals surface area contributed by atoms with Crippen LogP contribution in [0.2, 0.25) is 0 Å². The number of sulfone groups is 1. The van der Waals surface area contributed by atoms with Crippen molar-refractivity contribution in [1.82, 2.24) is 9.80 Å². The highest BCUT2D eigenvalue weighted by Crippen LogP contribution is 2.22. The molecule has 21 heavy (non-hydrogen) atoms. The van der Waals surface area contributed by atoms with Gasteiger partial charge in [0.05, 0.1) is 12.3 Å². The first-order chi connectivity index (χ1) is 9.90. The molecule has 8 heteroatoms. The fourth-order valence-corrected chi connectivity index (χ4v) is 4.85. The minimum absolute atomic E-state index is 0.0379. The molecule has 2 heterocycles. The minimum atomic E-state index is -3.32. The number of nitrogens with zero attached hydrogens (tertiary/aromatic N) is 2. The van der Waals surface area contributed by atoms with Crippen molar-refractivity contribution in [1.29, 1.82) is 0 Å². The average molecular weight is 318 g/mol. The van der Waals surface area contributed by atoms with Gasteiger partial charge in [0.2, 0.25) is 5.91 Å². The van der Waals surface area contributed by atoms with Crippen LogP contribution in [0.5, 0.6) is 0 Å². The third-order valence-corrected chi connectivity index (χ3v) is 6.28. The summed E-state index contributed by atoms with van der Waals surface area (Å²) in [5, 5.41) is 7.91. The summed E-state index contributed by atoms with van der Waals surface area (Å²) >= 11 is 0. The molecule has 0 aromatic heterocycles. The second-order valence-corrected chi connectivity index (χ2v) is 8.00. The summed E-state index contributed by atoms with van der Waals surface area (Å²) in [4.78, 5) is 26.6. The number of carbonyl (C=O) groups is 2. The summed E-state index contributed by atoms with van der Waals surface area (Å²) < 4.78 is 24.1. The molecule has 2 aliphatic heterocycles. The van der Waals surface area contributed by atoms with Gasteiger partial charge < -0.3 is 10.0 Å². The second kappa shape index (κ2) is 6.74. The smallest absolute Gasteiger partial charge is 0.317 e. The fraction of sp³-hybridized carbons (Fsp3) is 0.846. The van der Waals surface area contributed by atoms with Crippen molar-refractivity contribution in [3.63, 3.8) is 0 Å². The maximum Gasteiger partial charge on any atom is 0.317 e. The maximum atomic E-state index is 12.5. The van der Waals surface area contributed by atoms with Crippen LogP contribution >= 0.6 is 0 Å². The van der Waals surface area contributed by atoms with Gasteiger partial charge in [-0.15, -0.1) is 0 Å². The van der Waals surface area contributed by atoms with Gasteiger partial charge in [0.1, 0.15) is 5.25 Å². The summed E-state index contributed by atoms with van der Waals surface area (Å²) in [7, 11) is -3.32. The van der Waals surface area contributed by atoms with E-state index in [1.165, 1.54) is 0 Å². The summed E-state index contributed by atoms with van der Waals surface area (Å²) in [6.07, 6.45) is 2.50. The number of carbonyl (C=O) groups excluding carboxylic acids is 1. The molecule has 2 saturated heterocycles. The number of rotatable bonds is 3. The van der Waals surface area contributed by atoms with Crippen molar-refractivity contribution >= 4 is 21.7 Å². The zero-order valence-corrected chi connectivity index (χ0v) is 12.8. The number of hydrogen-bond acceptors (Lipinski definition) is 5. The predicted molar refractivity (Wildman–Crippen MR) is 76.7 cm³/mol. The van der Waals surface area contributed by atoms with Crippen LogP contribution in [0.3, 0.4) is 0 Å². The van der Waals surface area contributed by atoms with Gasteiger partial charge in [-0.1, -0.05) is 6.42 Å². The van der Waals surface area contributed by atoms with Crippen LogP contribution in [-0.2, 0) is 19.4 Å². The molecule has 1 amide bonds. The van der Waals surface area contributed by atoms with Gasteiger partial charge >= 0.3 is 5.97 Å². The molecular formula is C13H22N2O5S. The molecule has 0 aromatic rings. The lowest BCUT2D eigenvalue weighted by Crippen LogP contribution is -2.46. The van der Waals surface area contributed by atoms with Crippen molar-refractivity contribution in [3.05, 3.63) is 0 Å². The molecule has 2 fully saturated rings. The standard InChI is InChI=1S/C13H22N2O5S/c16-12(17)10-14-5-3-6-15(8-7-14)13(18)11-4-1-2-9-21(11,19)20/h11H,1-10H2,(H,16,17). The van der Waals surface area contributed by atoms with Gasteiger partial charge in [0, 0.05) is 26.2 Å². The highest BCUT2D eigenvalue weighted by atomic mass is 32.2. The second-order valence-electron chi connectivity index (χ2n) is 5.70. The molecule has 7 nitrogen and oxygen atoms in total. The normalized spacial score (nSPS) is 27.0. The van der Waals surface area contributed by atoms with E-state index in [1.807, 2.05) is 0 Å². The molecule has 0 bridgehead atoms. The maximum absolute atomic E-state index is 12.5. The third kappa shape index (κ3) is 4.16. The molecule has 0 aromatic carbocycles. The van der Waals surface area contributed by atoms with Crippen LogP contribution in [0, 0.1) is 0 Å². The van der Waals surface area contributed by atoms with Crippen molar-refractivity contribution in [2.75, 3.05) is 38.5 Å². The van der Waals surface area contributed by atoms with Crippen LogP contribution in [-0.4, -0.2) is 78.9 Å². The Hall–Kier alpha value is -1.15. The molecule has 2 rings (SSSR count). The molecule has 1 N–H and O–H groups in total. The number of carboxylic acids is 1. The van der Waals surface area contributed by atoms with Gasteiger partial charge in [-0.3, -0.25) is 14.5 Å². The highest BCUT2D eigenvalue weighted by Gasteiger charge is 2.37. The molecule has 0 saturated carbocycles. The molecule has 1 unspecified atom stereocenters. The Morgan fingerprint density at radius 3 is 2.48 bits per heavy atom. The number of aliphatic carboxylic acids is 1. The largest absolute Gasteiger partial charge is 0.480 e. The topological polar surface area (TPSA) is 95.0 Å². The van der Waals surface area contributed by atoms with E-state index < -0.39 is 21.1 Å². The highest BCUT2D eigenvalue weighted by molar-refractivity contribution is 7.92. The first-order valence-corrected chi connectivity index (χ1v) is 9.06. The Labute approximate surface area is 124 Å². The summed E-state index contributed by atoms with van der Waals surface area (Å²) in [6, 6.07) is 0. The SMILES string of the molecule is O=C(O)CN1CCCN(C(=O)C2CCCCS2(=O)=O)CC1. The summed E-state index contributed by atoms with van der Waals surface area (Å²) in [5.74, 6) is -1.08. The van der Waals surface area contributed by atoms with Crippen LogP contribution < -0.4 is 0 Å². The molecule has 2 aliphatic rings. The van der Waals surface area contributed by atoms with E-state index >= 15 is 0 Å². The molecule has 1 atom stereocenters. The van der Waals surface area contributed by atoms with E-state index in [0.717, 1.165) is 6.42 Å². The monoisotopic (exact) mass is 318 g/mol. The minimum Gasteiger partial charge on any atom is -0.480 e. The summed E-state index contributed by atoms with van der Waals surface area (Å²) in [6.45, 7) is 1.96. The first kappa shape index (κ1) is 16.2. The fourth-order valence-electron chi connectivity index (χ4n) is 2.98. The molecule has 0 spiro atoms. The summed E-state index contributed by atoms with van der Waals surface area (Å²) in [5.41, 5.74) is 0. The Morgan fingerprint density at radius 2 is 1.81 bits per heavy atom. The number of carboxylic acid groups (broad SMARTS) is 1. The van der Waals surface area contributed by atoms with E-state index in [1.54, 1.807) is 9.80 Å². The molecule has 0 aliphatic carbocycles. The molecular weight excluding hydrogens is 296 g/mol. The van der Waals surface area contributed by atoms with Gasteiger partial charge in [-0.2, -0.15) is 0 Å². The van der Waals surface area contributed by atoms with Gasteiger partial charge in [-0.05, 0) is 19.3 Å². The van der Waals surface area contributed by atoms with Crippen molar-refractivity contribution in [2.24, 2.45) is 0 Å². The van der Waals surface area contributed by atoms with Crippen molar-refractivity contribution in [2.45, 2.75) is 30.9 Å². The Bertz CT molecular complexity index is 505. The lowest BCUT2D eigenvalue weighted by Gasteiger charge is -2.28. The van der Waals surface area contributed by atoms with Crippen molar-refractivity contribution in [3.8, 4) is 0 Å². The van der Waals surface area contributed by atoms with E-state index in [4.69, 9.17) is 5.11 Å². The number of amides is 1. The zero-order chi connectivity index (χ0) is 15.5. The van der Waals surface area contributed by atoms with Crippen molar-refractivity contribution < 1.29 is 23.1 Å². The lowest BCUT2D eigenvalue weighted by molar-refractivity contribution is -0.138. The first-order valence-electron chi connectivity index (χ1n) is 7.34. The Kier molecular flexibility index (Phi) is 5.21. The van der Waals surface area contributed by atoms with E-state index in [0.29, 0.717) is 45.4 Å². The van der Waals surface area contributed by atoms with Crippen LogP contribution in [0.15, 0.2) is 0 Å². The van der Waals surface area contributed by atoms with Gasteiger partial charge in [0.15, 0.2) is 9.84 Å². The van der Waals surface area contributed by atoms with Crippen LogP contribution in [0.1, 0.15) is 25.7 Å². The van der Waals surface area contributed by atoms with E-state index in [9.17, 15) is 18.0 Å². The Balaban J connectivity index is 1.98. The molecule has 0 radical (unpaired) electrons. The zero-order valence-electron chi connectivity index (χ0n) is 12.0. The van der Waals surface area contributed by atoms with Gasteiger partial charge in [-0.25, -0.2) is 8.42 Å². The average Bonchev–Trinajstić information content (AvgIpc) is 2.62. The Morgan fingerprint density at radius 1 is 1.05 bits per heavy atom. The van der Waals surface area contributed by atoms with E-state index in [-0.39, 0.29) is 18.2 Å². The quantitative estimate of drug-likeness (QED) is 0.759. The number of hydrogen-bond donors (Lipinski definition) is 1. The lowest BCUT2D eigenvalue weighted by atomic mass is 10.1. The molecule has 120 valence electrons. The van der Waals surface area contributed by atoms with Gasteiger partial charge in [0.25, 0.3) is 0 Å². The van der Waals surface area contributed by atoms with Crippen LogP contribution in [0.25, 0.3) is 0 Å². The van der Waals surface area contributed by atoms with E-state index in [2.05, 4.69) is 0 Å². The third-order valence-electron chi connectivity index (χ3n) is 4.11. The predicted octanol–water partition coefficient (Wildman–Crippen LogP) is -0.427.